The summed E-state index contributed by atoms with van der Waals surface area (Å²) in [6, 6.07) is 16.4. The Morgan fingerprint density at radius 2 is 1.68 bits per heavy atom. The number of benzene rings is 2. The smallest absolute Gasteiger partial charge is 0.274 e. The fourth-order valence-corrected chi connectivity index (χ4v) is 4.00. The molecule has 31 heavy (non-hydrogen) atoms. The molecule has 2 aromatic carbocycles. The first-order valence-corrected chi connectivity index (χ1v) is 10.8. The molecule has 162 valence electrons. The van der Waals surface area contributed by atoms with Gasteiger partial charge in [0.25, 0.3) is 5.91 Å². The van der Waals surface area contributed by atoms with Gasteiger partial charge in [-0.05, 0) is 61.2 Å². The monoisotopic (exact) mass is 418 g/mol. The van der Waals surface area contributed by atoms with Crippen LogP contribution in [0.1, 0.15) is 32.7 Å². The molecule has 0 bridgehead atoms. The van der Waals surface area contributed by atoms with Crippen molar-refractivity contribution >= 4 is 5.91 Å². The highest BCUT2D eigenvalue weighted by atomic mass is 16.5. The normalized spacial score (nSPS) is 14.6. The van der Waals surface area contributed by atoms with E-state index >= 15 is 0 Å². The highest BCUT2D eigenvalue weighted by molar-refractivity contribution is 5.92. The lowest BCUT2D eigenvalue weighted by Gasteiger charge is -2.34. The fourth-order valence-electron chi connectivity index (χ4n) is 4.00. The summed E-state index contributed by atoms with van der Waals surface area (Å²) in [6.45, 7) is 10.6. The molecule has 0 aliphatic carbocycles. The lowest BCUT2D eigenvalue weighted by atomic mass is 10.1. The molecule has 0 atom stereocenters. The van der Waals surface area contributed by atoms with Crippen molar-refractivity contribution in [3.63, 3.8) is 0 Å². The third kappa shape index (κ3) is 5.33. The van der Waals surface area contributed by atoms with Crippen molar-refractivity contribution in [1.29, 1.82) is 0 Å². The molecular weight excluding hydrogens is 388 g/mol. The van der Waals surface area contributed by atoms with Gasteiger partial charge < -0.3 is 9.64 Å². The van der Waals surface area contributed by atoms with Crippen molar-refractivity contribution in [2.24, 2.45) is 0 Å². The number of piperazine rings is 1. The van der Waals surface area contributed by atoms with E-state index in [1.807, 2.05) is 30.9 Å². The number of aryl methyl sites for hydroxylation is 3. The topological polar surface area (TPSA) is 50.6 Å². The molecule has 1 aliphatic heterocycles. The van der Waals surface area contributed by atoms with E-state index in [9.17, 15) is 4.79 Å². The van der Waals surface area contributed by atoms with Gasteiger partial charge in [-0.25, -0.2) is 4.68 Å². The molecule has 1 fully saturated rings. The SMILES string of the molecule is Cc1cc(C)cc(OCn2ccc(C(=O)N3CCN(Cc4ccccc4C)CC3)n2)c1. The molecule has 0 unspecified atom stereocenters. The zero-order chi connectivity index (χ0) is 21.8. The highest BCUT2D eigenvalue weighted by Gasteiger charge is 2.24. The number of amides is 1. The molecule has 0 saturated carbocycles. The molecule has 1 saturated heterocycles. The second-order valence-corrected chi connectivity index (χ2v) is 8.33. The minimum atomic E-state index is -0.0132. The summed E-state index contributed by atoms with van der Waals surface area (Å²) in [7, 11) is 0. The van der Waals surface area contributed by atoms with E-state index < -0.39 is 0 Å². The van der Waals surface area contributed by atoms with Gasteiger partial charge in [0.15, 0.2) is 12.4 Å². The van der Waals surface area contributed by atoms with Gasteiger partial charge in [-0.1, -0.05) is 30.3 Å². The van der Waals surface area contributed by atoms with Crippen LogP contribution in [0.3, 0.4) is 0 Å². The van der Waals surface area contributed by atoms with E-state index in [0.29, 0.717) is 5.69 Å². The predicted molar refractivity (Wildman–Crippen MR) is 121 cm³/mol. The van der Waals surface area contributed by atoms with Gasteiger partial charge in [0, 0.05) is 38.9 Å². The Morgan fingerprint density at radius 1 is 0.968 bits per heavy atom. The number of nitrogens with zero attached hydrogens (tertiary/aromatic N) is 4. The summed E-state index contributed by atoms with van der Waals surface area (Å²) in [5.74, 6) is 0.798. The molecule has 1 aromatic heterocycles. The van der Waals surface area contributed by atoms with Gasteiger partial charge in [0.2, 0.25) is 0 Å². The minimum absolute atomic E-state index is 0.0132. The Morgan fingerprint density at radius 3 is 2.39 bits per heavy atom. The summed E-state index contributed by atoms with van der Waals surface area (Å²) in [5, 5.41) is 4.43. The minimum Gasteiger partial charge on any atom is -0.471 e. The van der Waals surface area contributed by atoms with Gasteiger partial charge >= 0.3 is 0 Å². The third-order valence-electron chi connectivity index (χ3n) is 5.73. The first-order valence-electron chi connectivity index (χ1n) is 10.8. The average Bonchev–Trinajstić information content (AvgIpc) is 3.22. The van der Waals surface area contributed by atoms with Crippen LogP contribution in [0.5, 0.6) is 5.75 Å². The number of rotatable bonds is 6. The maximum absolute atomic E-state index is 12.9. The Kier molecular flexibility index (Phi) is 6.37. The first-order chi connectivity index (χ1) is 15.0. The molecule has 6 heteroatoms. The van der Waals surface area contributed by atoms with Gasteiger partial charge in [-0.15, -0.1) is 0 Å². The van der Waals surface area contributed by atoms with E-state index in [0.717, 1.165) is 49.6 Å². The molecule has 1 aliphatic rings. The third-order valence-corrected chi connectivity index (χ3v) is 5.73. The van der Waals surface area contributed by atoms with Gasteiger partial charge in [0.05, 0.1) is 0 Å². The van der Waals surface area contributed by atoms with E-state index in [1.165, 1.54) is 11.1 Å². The molecule has 2 heterocycles. The predicted octanol–water partition coefficient (Wildman–Crippen LogP) is 3.80. The summed E-state index contributed by atoms with van der Waals surface area (Å²) < 4.78 is 7.51. The van der Waals surface area contributed by atoms with Crippen LogP contribution in [0.2, 0.25) is 0 Å². The van der Waals surface area contributed by atoms with Crippen molar-refractivity contribution in [2.45, 2.75) is 34.0 Å². The van der Waals surface area contributed by atoms with E-state index in [2.05, 4.69) is 47.3 Å². The molecule has 4 rings (SSSR count). The van der Waals surface area contributed by atoms with Gasteiger partial charge in [-0.2, -0.15) is 5.10 Å². The molecule has 6 nitrogen and oxygen atoms in total. The van der Waals surface area contributed by atoms with Crippen molar-refractivity contribution in [3.05, 3.63) is 82.7 Å². The van der Waals surface area contributed by atoms with Crippen molar-refractivity contribution < 1.29 is 9.53 Å². The Bertz CT molecular complexity index is 1030. The molecule has 0 radical (unpaired) electrons. The standard InChI is InChI=1S/C25H30N4O2/c1-19-14-20(2)16-23(15-19)31-18-29-9-8-24(26-29)25(30)28-12-10-27(11-13-28)17-22-7-5-4-6-21(22)3/h4-9,14-16H,10-13,17-18H2,1-3H3. The fraction of sp³-hybridized carbons (Fsp3) is 0.360. The number of hydrogen-bond donors (Lipinski definition) is 0. The van der Waals surface area contributed by atoms with Crippen molar-refractivity contribution in [1.82, 2.24) is 19.6 Å². The van der Waals surface area contributed by atoms with Crippen LogP contribution in [0.15, 0.2) is 54.7 Å². The Labute approximate surface area is 184 Å². The maximum Gasteiger partial charge on any atom is 0.274 e. The van der Waals surface area contributed by atoms with Crippen LogP contribution < -0.4 is 4.74 Å². The summed E-state index contributed by atoms with van der Waals surface area (Å²) >= 11 is 0. The average molecular weight is 419 g/mol. The largest absolute Gasteiger partial charge is 0.471 e. The molecule has 0 N–H and O–H groups in total. The Hall–Kier alpha value is -3.12. The number of aromatic nitrogens is 2. The molecular formula is C25H30N4O2. The summed E-state index contributed by atoms with van der Waals surface area (Å²) in [5.41, 5.74) is 5.46. The second-order valence-electron chi connectivity index (χ2n) is 8.33. The zero-order valence-electron chi connectivity index (χ0n) is 18.5. The number of hydrogen-bond acceptors (Lipinski definition) is 4. The molecule has 3 aromatic rings. The zero-order valence-corrected chi connectivity index (χ0v) is 18.5. The van der Waals surface area contributed by atoms with Crippen LogP contribution in [0.4, 0.5) is 0 Å². The van der Waals surface area contributed by atoms with E-state index in [1.54, 1.807) is 16.9 Å². The maximum atomic E-state index is 12.9. The van der Waals surface area contributed by atoms with Gasteiger partial charge in [-0.3, -0.25) is 9.69 Å². The second kappa shape index (κ2) is 9.35. The van der Waals surface area contributed by atoms with E-state index in [-0.39, 0.29) is 12.6 Å². The Balaban J connectivity index is 1.29. The van der Waals surface area contributed by atoms with Crippen molar-refractivity contribution in [2.75, 3.05) is 26.2 Å². The lowest BCUT2D eigenvalue weighted by molar-refractivity contribution is 0.0620. The molecule has 1 amide bonds. The van der Waals surface area contributed by atoms with E-state index in [4.69, 9.17) is 4.74 Å². The molecule has 0 spiro atoms. The number of carbonyl (C=O) groups excluding carboxylic acids is 1. The summed E-state index contributed by atoms with van der Waals surface area (Å²) in [6.07, 6.45) is 1.80. The quantitative estimate of drug-likeness (QED) is 0.611. The number of ether oxygens (including phenoxy) is 1. The van der Waals surface area contributed by atoms with Crippen LogP contribution >= 0.6 is 0 Å². The highest BCUT2D eigenvalue weighted by Crippen LogP contribution is 2.17. The van der Waals surface area contributed by atoms with Crippen LogP contribution in [-0.2, 0) is 13.3 Å². The van der Waals surface area contributed by atoms with Crippen molar-refractivity contribution in [3.8, 4) is 5.75 Å². The van der Waals surface area contributed by atoms with Gasteiger partial charge in [0.1, 0.15) is 5.75 Å². The number of carbonyl (C=O) groups is 1. The van der Waals surface area contributed by atoms with Crippen LogP contribution in [-0.4, -0.2) is 51.7 Å². The lowest BCUT2D eigenvalue weighted by Crippen LogP contribution is -2.48. The summed E-state index contributed by atoms with van der Waals surface area (Å²) in [4.78, 5) is 17.2. The first kappa shape index (κ1) is 21.1. The van der Waals surface area contributed by atoms with Crippen LogP contribution in [0.25, 0.3) is 0 Å². The van der Waals surface area contributed by atoms with Crippen LogP contribution in [0, 0.1) is 20.8 Å².